The Morgan fingerprint density at radius 3 is 2.76 bits per heavy atom. The number of hydrogen-bond donors (Lipinski definition) is 2. The summed E-state index contributed by atoms with van der Waals surface area (Å²) in [5.41, 5.74) is 4.45. The van der Waals surface area contributed by atoms with Crippen LogP contribution >= 0.6 is 0 Å². The third-order valence-electron chi connectivity index (χ3n) is 3.48. The number of anilines is 2. The lowest BCUT2D eigenvalue weighted by Crippen LogP contribution is -2.16. The van der Waals surface area contributed by atoms with E-state index in [-0.39, 0.29) is 5.91 Å². The number of rotatable bonds is 5. The highest BCUT2D eigenvalue weighted by atomic mass is 16.1. The van der Waals surface area contributed by atoms with Crippen molar-refractivity contribution in [2.75, 3.05) is 17.2 Å². The predicted octanol–water partition coefficient (Wildman–Crippen LogP) is 3.77. The zero-order valence-corrected chi connectivity index (χ0v) is 12.7. The van der Waals surface area contributed by atoms with Gasteiger partial charge in [-0.15, -0.1) is 0 Å². The van der Waals surface area contributed by atoms with Gasteiger partial charge in [-0.25, -0.2) is 0 Å². The molecule has 0 aliphatic rings. The lowest BCUT2D eigenvalue weighted by atomic mass is 10.1. The number of carbonyl (C=O) groups is 1. The second-order valence-corrected chi connectivity index (χ2v) is 5.05. The lowest BCUT2D eigenvalue weighted by Gasteiger charge is -2.13. The molecule has 2 rings (SSSR count). The minimum Gasteiger partial charge on any atom is -0.384 e. The summed E-state index contributed by atoms with van der Waals surface area (Å²) in [7, 11) is 0. The highest BCUT2D eigenvalue weighted by Gasteiger charge is 2.12. The molecule has 21 heavy (non-hydrogen) atoms. The van der Waals surface area contributed by atoms with Crippen LogP contribution < -0.4 is 10.6 Å². The Bertz CT molecular complexity index is 638. The summed E-state index contributed by atoms with van der Waals surface area (Å²) in [6, 6.07) is 7.71. The maximum absolute atomic E-state index is 12.5. The molecule has 110 valence electrons. The van der Waals surface area contributed by atoms with Crippen molar-refractivity contribution in [2.45, 2.75) is 27.2 Å². The minimum absolute atomic E-state index is 0.143. The molecule has 2 aromatic rings. The summed E-state index contributed by atoms with van der Waals surface area (Å²) >= 11 is 0. The molecule has 0 bridgehead atoms. The zero-order chi connectivity index (χ0) is 15.2. The molecule has 0 atom stereocenters. The van der Waals surface area contributed by atoms with Crippen LogP contribution in [0.2, 0.25) is 0 Å². The third kappa shape index (κ3) is 3.60. The van der Waals surface area contributed by atoms with Crippen LogP contribution in [0.25, 0.3) is 0 Å². The summed E-state index contributed by atoms with van der Waals surface area (Å²) in [4.78, 5) is 16.5. The zero-order valence-electron chi connectivity index (χ0n) is 12.7. The van der Waals surface area contributed by atoms with Crippen molar-refractivity contribution in [1.82, 2.24) is 4.98 Å². The van der Waals surface area contributed by atoms with Crippen LogP contribution in [0.1, 0.15) is 34.8 Å². The number of nitrogens with zero attached hydrogens (tertiary/aromatic N) is 1. The van der Waals surface area contributed by atoms with Crippen LogP contribution in [0.5, 0.6) is 0 Å². The molecule has 1 amide bonds. The molecule has 0 unspecified atom stereocenters. The van der Waals surface area contributed by atoms with E-state index in [0.29, 0.717) is 5.56 Å². The van der Waals surface area contributed by atoms with E-state index >= 15 is 0 Å². The SMILES string of the molecule is CCCNc1ccncc1C(=O)Nc1cccc(C)c1C. The van der Waals surface area contributed by atoms with Gasteiger partial charge in [0.15, 0.2) is 0 Å². The molecule has 1 aromatic carbocycles. The first-order valence-electron chi connectivity index (χ1n) is 7.19. The summed E-state index contributed by atoms with van der Waals surface area (Å²) < 4.78 is 0. The number of benzene rings is 1. The Hall–Kier alpha value is -2.36. The van der Waals surface area contributed by atoms with Crippen molar-refractivity contribution in [3.63, 3.8) is 0 Å². The lowest BCUT2D eigenvalue weighted by molar-refractivity contribution is 0.102. The van der Waals surface area contributed by atoms with Gasteiger partial charge in [0.05, 0.1) is 11.3 Å². The molecular formula is C17H21N3O. The highest BCUT2D eigenvalue weighted by Crippen LogP contribution is 2.20. The van der Waals surface area contributed by atoms with Crippen molar-refractivity contribution in [3.8, 4) is 0 Å². The van der Waals surface area contributed by atoms with Crippen molar-refractivity contribution in [1.29, 1.82) is 0 Å². The second kappa shape index (κ2) is 6.88. The van der Waals surface area contributed by atoms with Crippen LogP contribution in [0, 0.1) is 13.8 Å². The van der Waals surface area contributed by atoms with Gasteiger partial charge in [0.2, 0.25) is 0 Å². The molecule has 4 heteroatoms. The van der Waals surface area contributed by atoms with Crippen LogP contribution in [-0.2, 0) is 0 Å². The largest absolute Gasteiger partial charge is 0.384 e. The van der Waals surface area contributed by atoms with Crippen molar-refractivity contribution >= 4 is 17.3 Å². The smallest absolute Gasteiger partial charge is 0.259 e. The van der Waals surface area contributed by atoms with Gasteiger partial charge in [-0.3, -0.25) is 9.78 Å². The van der Waals surface area contributed by atoms with Crippen LogP contribution in [0.3, 0.4) is 0 Å². The van der Waals surface area contributed by atoms with Crippen molar-refractivity contribution in [2.24, 2.45) is 0 Å². The molecule has 0 saturated heterocycles. The third-order valence-corrected chi connectivity index (χ3v) is 3.48. The fraction of sp³-hybridized carbons (Fsp3) is 0.294. The average Bonchev–Trinajstić information content (AvgIpc) is 2.50. The van der Waals surface area contributed by atoms with Crippen LogP contribution in [0.4, 0.5) is 11.4 Å². The van der Waals surface area contributed by atoms with E-state index in [1.54, 1.807) is 12.4 Å². The molecule has 0 aliphatic carbocycles. The molecule has 0 spiro atoms. The minimum atomic E-state index is -0.143. The Kier molecular flexibility index (Phi) is 4.93. The van der Waals surface area contributed by atoms with E-state index in [4.69, 9.17) is 0 Å². The predicted molar refractivity (Wildman–Crippen MR) is 86.9 cm³/mol. The van der Waals surface area contributed by atoms with E-state index in [9.17, 15) is 4.79 Å². The van der Waals surface area contributed by atoms with E-state index in [1.165, 1.54) is 0 Å². The van der Waals surface area contributed by atoms with Gasteiger partial charge in [0, 0.05) is 24.6 Å². The monoisotopic (exact) mass is 283 g/mol. The fourth-order valence-electron chi connectivity index (χ4n) is 2.07. The summed E-state index contributed by atoms with van der Waals surface area (Å²) in [5, 5.41) is 6.22. The quantitative estimate of drug-likeness (QED) is 0.878. The van der Waals surface area contributed by atoms with E-state index in [0.717, 1.165) is 35.5 Å². The number of aromatic nitrogens is 1. The number of pyridine rings is 1. The number of hydrogen-bond acceptors (Lipinski definition) is 3. The van der Waals surface area contributed by atoms with Crippen LogP contribution in [0.15, 0.2) is 36.7 Å². The Labute approximate surface area is 125 Å². The number of aryl methyl sites for hydroxylation is 1. The number of carbonyl (C=O) groups excluding carboxylic acids is 1. The number of amides is 1. The molecule has 1 aromatic heterocycles. The van der Waals surface area contributed by atoms with E-state index < -0.39 is 0 Å². The average molecular weight is 283 g/mol. The van der Waals surface area contributed by atoms with Gasteiger partial charge >= 0.3 is 0 Å². The normalized spacial score (nSPS) is 10.2. The molecule has 1 heterocycles. The maximum atomic E-state index is 12.5. The van der Waals surface area contributed by atoms with Gasteiger partial charge in [-0.05, 0) is 43.5 Å². The van der Waals surface area contributed by atoms with Gasteiger partial charge in [-0.2, -0.15) is 0 Å². The second-order valence-electron chi connectivity index (χ2n) is 5.05. The van der Waals surface area contributed by atoms with Gasteiger partial charge < -0.3 is 10.6 Å². The fourth-order valence-corrected chi connectivity index (χ4v) is 2.07. The summed E-state index contributed by atoms with van der Waals surface area (Å²) in [6.45, 7) is 6.95. The molecule has 0 fully saturated rings. The van der Waals surface area contributed by atoms with Gasteiger partial charge in [0.25, 0.3) is 5.91 Å². The van der Waals surface area contributed by atoms with Gasteiger partial charge in [0.1, 0.15) is 0 Å². The number of nitrogens with one attached hydrogen (secondary N) is 2. The molecule has 0 radical (unpaired) electrons. The first-order valence-corrected chi connectivity index (χ1v) is 7.19. The van der Waals surface area contributed by atoms with Gasteiger partial charge in [-0.1, -0.05) is 19.1 Å². The molecule has 0 saturated carbocycles. The summed E-state index contributed by atoms with van der Waals surface area (Å²) in [5.74, 6) is -0.143. The standard InChI is InChI=1S/C17H21N3O/c1-4-9-19-16-8-10-18-11-14(16)17(21)20-15-7-5-6-12(2)13(15)3/h5-8,10-11H,4,9H2,1-3H3,(H,18,19)(H,20,21). The topological polar surface area (TPSA) is 54.0 Å². The van der Waals surface area contributed by atoms with E-state index in [1.807, 2.05) is 38.1 Å². The highest BCUT2D eigenvalue weighted by molar-refractivity contribution is 6.08. The van der Waals surface area contributed by atoms with Crippen molar-refractivity contribution in [3.05, 3.63) is 53.3 Å². The van der Waals surface area contributed by atoms with E-state index in [2.05, 4.69) is 22.5 Å². The first-order chi connectivity index (χ1) is 10.1. The van der Waals surface area contributed by atoms with Crippen LogP contribution in [-0.4, -0.2) is 17.4 Å². The maximum Gasteiger partial charge on any atom is 0.259 e. The molecule has 4 nitrogen and oxygen atoms in total. The molecule has 0 aliphatic heterocycles. The first kappa shape index (κ1) is 15.0. The van der Waals surface area contributed by atoms with Crippen molar-refractivity contribution < 1.29 is 4.79 Å². The molecule has 2 N–H and O–H groups in total. The Morgan fingerprint density at radius 1 is 1.19 bits per heavy atom. The Morgan fingerprint density at radius 2 is 2.00 bits per heavy atom. The Balaban J connectivity index is 2.22. The molecular weight excluding hydrogens is 262 g/mol. The summed E-state index contributed by atoms with van der Waals surface area (Å²) in [6.07, 6.45) is 4.28.